The van der Waals surface area contributed by atoms with Crippen LogP contribution in [0.4, 0.5) is 5.69 Å². The molecule has 0 saturated carbocycles. The van der Waals surface area contributed by atoms with Gasteiger partial charge in [-0.1, -0.05) is 60.1 Å². The van der Waals surface area contributed by atoms with Crippen LogP contribution < -0.4 is 5.32 Å². The number of hydrogen-bond donors (Lipinski definition) is 1. The van der Waals surface area contributed by atoms with Gasteiger partial charge in [-0.15, -0.1) is 0 Å². The van der Waals surface area contributed by atoms with E-state index in [0.29, 0.717) is 11.5 Å². The molecule has 102 valence electrons. The van der Waals surface area contributed by atoms with Crippen LogP contribution in [0.15, 0.2) is 53.0 Å². The molecular formula is C17H17BrN2. The molecule has 2 aromatic carbocycles. The minimum atomic E-state index is 0.178. The Hall–Kier alpha value is -1.79. The largest absolute Gasteiger partial charge is 0.377 e. The maximum Gasteiger partial charge on any atom is 0.101 e. The van der Waals surface area contributed by atoms with E-state index in [0.717, 1.165) is 10.2 Å². The number of rotatable bonds is 4. The van der Waals surface area contributed by atoms with E-state index in [9.17, 15) is 5.26 Å². The summed E-state index contributed by atoms with van der Waals surface area (Å²) in [6.07, 6.45) is 0. The molecule has 0 radical (unpaired) electrons. The zero-order valence-electron chi connectivity index (χ0n) is 11.6. The second-order valence-corrected chi connectivity index (χ2v) is 5.99. The molecule has 0 spiro atoms. The monoisotopic (exact) mass is 328 g/mol. The molecule has 0 heterocycles. The van der Waals surface area contributed by atoms with Crippen LogP contribution in [0.5, 0.6) is 0 Å². The first-order chi connectivity index (χ1) is 9.61. The van der Waals surface area contributed by atoms with Crippen LogP contribution >= 0.6 is 15.9 Å². The summed E-state index contributed by atoms with van der Waals surface area (Å²) in [5.74, 6) is 0.419. The molecule has 0 saturated heterocycles. The Morgan fingerprint density at radius 1 is 1.10 bits per heavy atom. The minimum Gasteiger partial charge on any atom is -0.377 e. The highest BCUT2D eigenvalue weighted by atomic mass is 79.9. The lowest BCUT2D eigenvalue weighted by molar-refractivity contribution is 0.546. The van der Waals surface area contributed by atoms with Gasteiger partial charge in [0.05, 0.1) is 17.3 Å². The molecule has 0 fully saturated rings. The van der Waals surface area contributed by atoms with Gasteiger partial charge in [0, 0.05) is 4.47 Å². The van der Waals surface area contributed by atoms with Crippen LogP contribution in [0, 0.1) is 17.2 Å². The maximum absolute atomic E-state index is 9.23. The van der Waals surface area contributed by atoms with E-state index < -0.39 is 0 Å². The van der Waals surface area contributed by atoms with Crippen LogP contribution in [-0.4, -0.2) is 0 Å². The molecular weight excluding hydrogens is 312 g/mol. The third kappa shape index (κ3) is 3.40. The normalized spacial score (nSPS) is 11.9. The average molecular weight is 329 g/mol. The molecule has 2 rings (SSSR count). The average Bonchev–Trinajstić information content (AvgIpc) is 2.45. The minimum absolute atomic E-state index is 0.178. The second kappa shape index (κ2) is 6.58. The Balaban J connectivity index is 2.35. The van der Waals surface area contributed by atoms with Gasteiger partial charge in [-0.3, -0.25) is 0 Å². The van der Waals surface area contributed by atoms with Crippen molar-refractivity contribution in [2.45, 2.75) is 19.9 Å². The topological polar surface area (TPSA) is 35.8 Å². The second-order valence-electron chi connectivity index (χ2n) is 5.08. The van der Waals surface area contributed by atoms with Gasteiger partial charge in [-0.2, -0.15) is 5.26 Å². The van der Waals surface area contributed by atoms with Crippen molar-refractivity contribution >= 4 is 21.6 Å². The van der Waals surface area contributed by atoms with Gasteiger partial charge in [-0.25, -0.2) is 0 Å². The lowest BCUT2D eigenvalue weighted by atomic mass is 9.95. The van der Waals surface area contributed by atoms with E-state index in [1.54, 1.807) is 0 Å². The summed E-state index contributed by atoms with van der Waals surface area (Å²) in [4.78, 5) is 0. The zero-order valence-corrected chi connectivity index (χ0v) is 13.2. The Morgan fingerprint density at radius 2 is 1.80 bits per heavy atom. The summed E-state index contributed by atoms with van der Waals surface area (Å²) in [6, 6.07) is 18.4. The third-order valence-electron chi connectivity index (χ3n) is 3.24. The highest BCUT2D eigenvalue weighted by Gasteiger charge is 2.16. The van der Waals surface area contributed by atoms with Gasteiger partial charge in [0.2, 0.25) is 0 Å². The van der Waals surface area contributed by atoms with Crippen LogP contribution in [0.3, 0.4) is 0 Å². The van der Waals surface area contributed by atoms with Crippen molar-refractivity contribution in [2.24, 2.45) is 5.92 Å². The number of nitrogens with one attached hydrogen (secondary N) is 1. The molecule has 1 N–H and O–H groups in total. The van der Waals surface area contributed by atoms with Gasteiger partial charge < -0.3 is 5.32 Å². The first kappa shape index (κ1) is 14.6. The zero-order chi connectivity index (χ0) is 14.5. The van der Waals surface area contributed by atoms with E-state index in [4.69, 9.17) is 0 Å². The fraction of sp³-hybridized carbons (Fsp3) is 0.235. The van der Waals surface area contributed by atoms with Gasteiger partial charge in [0.15, 0.2) is 0 Å². The van der Waals surface area contributed by atoms with Crippen LogP contribution in [-0.2, 0) is 0 Å². The molecule has 2 aromatic rings. The molecule has 1 unspecified atom stereocenters. The summed E-state index contributed by atoms with van der Waals surface area (Å²) in [7, 11) is 0. The van der Waals surface area contributed by atoms with Crippen molar-refractivity contribution in [1.29, 1.82) is 5.26 Å². The predicted molar refractivity (Wildman–Crippen MR) is 86.5 cm³/mol. The number of hydrogen-bond acceptors (Lipinski definition) is 2. The molecule has 0 aliphatic heterocycles. The number of nitriles is 1. The van der Waals surface area contributed by atoms with Crippen molar-refractivity contribution in [3.05, 3.63) is 64.1 Å². The molecule has 0 aliphatic carbocycles. The molecule has 0 aromatic heterocycles. The van der Waals surface area contributed by atoms with E-state index in [-0.39, 0.29) is 6.04 Å². The number of halogens is 1. The summed E-state index contributed by atoms with van der Waals surface area (Å²) < 4.78 is 0.967. The Morgan fingerprint density at radius 3 is 2.40 bits per heavy atom. The van der Waals surface area contributed by atoms with Crippen molar-refractivity contribution in [1.82, 2.24) is 0 Å². The molecule has 0 aliphatic rings. The molecule has 0 amide bonds. The summed E-state index contributed by atoms with van der Waals surface area (Å²) in [5.41, 5.74) is 2.76. The van der Waals surface area contributed by atoms with Crippen LogP contribution in [0.1, 0.15) is 31.0 Å². The van der Waals surface area contributed by atoms with Crippen molar-refractivity contribution in [3.63, 3.8) is 0 Å². The van der Waals surface area contributed by atoms with Crippen molar-refractivity contribution in [3.8, 4) is 6.07 Å². The van der Waals surface area contributed by atoms with Gasteiger partial charge in [0.25, 0.3) is 0 Å². The lowest BCUT2D eigenvalue weighted by Crippen LogP contribution is -2.17. The molecule has 2 nitrogen and oxygen atoms in total. The van der Waals surface area contributed by atoms with E-state index in [1.165, 1.54) is 5.56 Å². The fourth-order valence-electron chi connectivity index (χ4n) is 2.20. The number of benzene rings is 2. The maximum atomic E-state index is 9.23. The smallest absolute Gasteiger partial charge is 0.101 e. The first-order valence-electron chi connectivity index (χ1n) is 6.63. The number of anilines is 1. The van der Waals surface area contributed by atoms with Gasteiger partial charge in [-0.05, 0) is 29.7 Å². The van der Waals surface area contributed by atoms with Gasteiger partial charge >= 0.3 is 0 Å². The molecule has 1 atom stereocenters. The highest BCUT2D eigenvalue weighted by Crippen LogP contribution is 2.29. The van der Waals surface area contributed by atoms with E-state index in [1.807, 2.05) is 36.4 Å². The molecule has 20 heavy (non-hydrogen) atoms. The fourth-order valence-corrected chi connectivity index (χ4v) is 2.56. The lowest BCUT2D eigenvalue weighted by Gasteiger charge is -2.24. The van der Waals surface area contributed by atoms with Crippen LogP contribution in [0.25, 0.3) is 0 Å². The Labute approximate surface area is 128 Å². The molecule has 3 heteroatoms. The SMILES string of the molecule is CC(C)C(Nc1cc(Br)ccc1C#N)c1ccccc1. The summed E-state index contributed by atoms with van der Waals surface area (Å²) in [5, 5.41) is 12.7. The first-order valence-corrected chi connectivity index (χ1v) is 7.42. The summed E-state index contributed by atoms with van der Waals surface area (Å²) in [6.45, 7) is 4.35. The standard InChI is InChI=1S/C17H17BrN2/c1-12(2)17(13-6-4-3-5-7-13)20-16-10-15(18)9-8-14(16)11-19/h3-10,12,17,20H,1-2H3. The van der Waals surface area contributed by atoms with E-state index >= 15 is 0 Å². The van der Waals surface area contributed by atoms with Crippen molar-refractivity contribution < 1.29 is 0 Å². The number of nitrogens with zero attached hydrogens (tertiary/aromatic N) is 1. The van der Waals surface area contributed by atoms with E-state index in [2.05, 4.69) is 53.3 Å². The Kier molecular flexibility index (Phi) is 4.81. The molecule has 0 bridgehead atoms. The Bertz CT molecular complexity index is 615. The third-order valence-corrected chi connectivity index (χ3v) is 3.73. The summed E-state index contributed by atoms with van der Waals surface area (Å²) >= 11 is 3.46. The van der Waals surface area contributed by atoms with Gasteiger partial charge in [0.1, 0.15) is 6.07 Å². The van der Waals surface area contributed by atoms with Crippen molar-refractivity contribution in [2.75, 3.05) is 5.32 Å². The quantitative estimate of drug-likeness (QED) is 0.844. The predicted octanol–water partition coefficient (Wildman–Crippen LogP) is 5.13. The highest BCUT2D eigenvalue weighted by molar-refractivity contribution is 9.10. The van der Waals surface area contributed by atoms with Crippen LogP contribution in [0.2, 0.25) is 0 Å².